The summed E-state index contributed by atoms with van der Waals surface area (Å²) in [6, 6.07) is 8.70. The third-order valence-electron chi connectivity index (χ3n) is 6.11. The number of nitrogens with zero attached hydrogens (tertiary/aromatic N) is 4. The van der Waals surface area contributed by atoms with Crippen LogP contribution in [0.4, 0.5) is 10.1 Å². The minimum absolute atomic E-state index is 0.0828. The number of hydrogen-bond acceptors (Lipinski definition) is 5. The van der Waals surface area contributed by atoms with Gasteiger partial charge in [0.05, 0.1) is 29.6 Å². The van der Waals surface area contributed by atoms with Crippen LogP contribution in [0.5, 0.6) is 0 Å². The van der Waals surface area contributed by atoms with Crippen molar-refractivity contribution in [2.45, 2.75) is 38.6 Å². The van der Waals surface area contributed by atoms with Gasteiger partial charge >= 0.3 is 0 Å². The molecule has 1 unspecified atom stereocenters. The van der Waals surface area contributed by atoms with Gasteiger partial charge in [0.25, 0.3) is 0 Å². The standard InChI is InChI=1S/C24H28FN5O/c1-16-13-29(7-6-27-16)14-22(31)30-15-24(2,3)23-21(30)9-17(12-28-23)8-18-4-5-20(25)10-19(18)11-26/h4-5,9-10,12,16,27H,6-8,13-15H2,1-3H3. The van der Waals surface area contributed by atoms with Crippen molar-refractivity contribution in [3.63, 3.8) is 0 Å². The zero-order valence-corrected chi connectivity index (χ0v) is 18.3. The lowest BCUT2D eigenvalue weighted by Crippen LogP contribution is -2.52. The molecular formula is C24H28FN5O. The number of aromatic nitrogens is 1. The molecule has 1 atom stereocenters. The number of hydrogen-bond donors (Lipinski definition) is 1. The van der Waals surface area contributed by atoms with Crippen LogP contribution >= 0.6 is 0 Å². The maximum absolute atomic E-state index is 13.5. The molecule has 4 rings (SSSR count). The van der Waals surface area contributed by atoms with Crippen LogP contribution in [0.25, 0.3) is 0 Å². The Kier molecular flexibility index (Phi) is 5.78. The maximum atomic E-state index is 13.5. The Hall–Kier alpha value is -2.82. The highest BCUT2D eigenvalue weighted by Crippen LogP contribution is 2.39. The fourth-order valence-corrected chi connectivity index (χ4v) is 4.56. The van der Waals surface area contributed by atoms with Gasteiger partial charge in [0.2, 0.25) is 5.91 Å². The predicted octanol–water partition coefficient (Wildman–Crippen LogP) is 2.60. The molecule has 0 radical (unpaired) electrons. The lowest BCUT2D eigenvalue weighted by molar-refractivity contribution is -0.120. The van der Waals surface area contributed by atoms with Gasteiger partial charge in [-0.05, 0) is 36.2 Å². The van der Waals surface area contributed by atoms with Gasteiger partial charge in [-0.15, -0.1) is 0 Å². The Morgan fingerprint density at radius 1 is 1.39 bits per heavy atom. The van der Waals surface area contributed by atoms with Crippen molar-refractivity contribution in [1.29, 1.82) is 5.26 Å². The first kappa shape index (κ1) is 21.4. The summed E-state index contributed by atoms with van der Waals surface area (Å²) in [6.45, 7) is 9.93. The molecule has 1 aromatic heterocycles. The van der Waals surface area contributed by atoms with E-state index in [-0.39, 0.29) is 11.3 Å². The number of halogens is 1. The van der Waals surface area contributed by atoms with Crippen molar-refractivity contribution in [1.82, 2.24) is 15.2 Å². The SMILES string of the molecule is CC1CN(CC(=O)N2CC(C)(C)c3ncc(Cc4ccc(F)cc4C#N)cc32)CCN1. The molecule has 1 saturated heterocycles. The van der Waals surface area contributed by atoms with Crippen molar-refractivity contribution in [3.8, 4) is 6.07 Å². The average Bonchev–Trinajstić information content (AvgIpc) is 3.00. The number of nitrogens with one attached hydrogen (secondary N) is 1. The van der Waals surface area contributed by atoms with Crippen molar-refractivity contribution >= 4 is 11.6 Å². The van der Waals surface area contributed by atoms with Gasteiger partial charge in [0.1, 0.15) is 5.82 Å². The van der Waals surface area contributed by atoms with Crippen LogP contribution in [0.1, 0.15) is 43.2 Å². The Bertz CT molecular complexity index is 1040. The Labute approximate surface area is 182 Å². The van der Waals surface area contributed by atoms with E-state index in [2.05, 4.69) is 37.1 Å². The molecular weight excluding hydrogens is 393 g/mol. The third kappa shape index (κ3) is 4.46. The first-order valence-corrected chi connectivity index (χ1v) is 10.7. The van der Waals surface area contributed by atoms with Crippen molar-refractivity contribution in [3.05, 3.63) is 58.7 Å². The van der Waals surface area contributed by atoms with E-state index in [9.17, 15) is 14.4 Å². The summed E-state index contributed by atoms with van der Waals surface area (Å²) >= 11 is 0. The topological polar surface area (TPSA) is 72.3 Å². The van der Waals surface area contributed by atoms with E-state index in [4.69, 9.17) is 4.98 Å². The quantitative estimate of drug-likeness (QED) is 0.822. The average molecular weight is 422 g/mol. The molecule has 0 saturated carbocycles. The number of anilines is 1. The lowest BCUT2D eigenvalue weighted by atomic mass is 9.91. The highest BCUT2D eigenvalue weighted by molar-refractivity contribution is 5.97. The zero-order chi connectivity index (χ0) is 22.2. The van der Waals surface area contributed by atoms with Crippen LogP contribution < -0.4 is 10.2 Å². The van der Waals surface area contributed by atoms with Gasteiger partial charge in [-0.3, -0.25) is 14.7 Å². The normalized spacial score (nSPS) is 20.4. The highest BCUT2D eigenvalue weighted by Gasteiger charge is 2.40. The molecule has 2 aliphatic rings. The van der Waals surface area contributed by atoms with E-state index in [1.807, 2.05) is 11.0 Å². The number of benzene rings is 1. The monoisotopic (exact) mass is 421 g/mol. The van der Waals surface area contributed by atoms with Crippen LogP contribution in [0.15, 0.2) is 30.5 Å². The number of piperazine rings is 1. The van der Waals surface area contributed by atoms with Gasteiger partial charge in [-0.2, -0.15) is 5.26 Å². The van der Waals surface area contributed by atoms with Crippen molar-refractivity contribution in [2.24, 2.45) is 0 Å². The maximum Gasteiger partial charge on any atom is 0.241 e. The van der Waals surface area contributed by atoms with Gasteiger partial charge in [-0.1, -0.05) is 19.9 Å². The number of carbonyl (C=O) groups excluding carboxylic acids is 1. The van der Waals surface area contributed by atoms with Crippen molar-refractivity contribution in [2.75, 3.05) is 37.6 Å². The first-order valence-electron chi connectivity index (χ1n) is 10.7. The number of pyridine rings is 1. The van der Waals surface area contributed by atoms with Crippen LogP contribution in [0.2, 0.25) is 0 Å². The number of carbonyl (C=O) groups is 1. The molecule has 0 bridgehead atoms. The number of amides is 1. The van der Waals surface area contributed by atoms with Gasteiger partial charge < -0.3 is 10.2 Å². The van der Waals surface area contributed by atoms with E-state index in [1.165, 1.54) is 12.1 Å². The molecule has 31 heavy (non-hydrogen) atoms. The highest BCUT2D eigenvalue weighted by atomic mass is 19.1. The molecule has 1 N–H and O–H groups in total. The largest absolute Gasteiger partial charge is 0.312 e. The van der Waals surface area contributed by atoms with E-state index < -0.39 is 5.82 Å². The van der Waals surface area contributed by atoms with E-state index >= 15 is 0 Å². The fourth-order valence-electron chi connectivity index (χ4n) is 4.56. The Balaban J connectivity index is 1.59. The van der Waals surface area contributed by atoms with Gasteiger partial charge in [0.15, 0.2) is 0 Å². The molecule has 1 amide bonds. The van der Waals surface area contributed by atoms with Crippen molar-refractivity contribution < 1.29 is 9.18 Å². The van der Waals surface area contributed by atoms with E-state index in [1.54, 1.807) is 12.3 Å². The zero-order valence-electron chi connectivity index (χ0n) is 18.3. The molecule has 2 aliphatic heterocycles. The summed E-state index contributed by atoms with van der Waals surface area (Å²) < 4.78 is 13.5. The third-order valence-corrected chi connectivity index (χ3v) is 6.11. The fraction of sp³-hybridized carbons (Fsp3) is 0.458. The molecule has 0 aliphatic carbocycles. The summed E-state index contributed by atoms with van der Waals surface area (Å²) in [6.07, 6.45) is 2.26. The molecule has 7 heteroatoms. The minimum atomic E-state index is -0.423. The molecule has 6 nitrogen and oxygen atoms in total. The Morgan fingerprint density at radius 2 is 2.19 bits per heavy atom. The molecule has 2 aromatic rings. The number of rotatable bonds is 4. The second kappa shape index (κ2) is 8.37. The first-order chi connectivity index (χ1) is 14.8. The smallest absolute Gasteiger partial charge is 0.241 e. The van der Waals surface area contributed by atoms with Crippen LogP contribution in [0.3, 0.4) is 0 Å². The lowest BCUT2D eigenvalue weighted by Gasteiger charge is -2.32. The van der Waals surface area contributed by atoms with Crippen LogP contribution in [0, 0.1) is 17.1 Å². The van der Waals surface area contributed by atoms with Gasteiger partial charge in [0, 0.05) is 50.3 Å². The number of fused-ring (bicyclic) bond motifs is 1. The molecule has 0 spiro atoms. The van der Waals surface area contributed by atoms with Crippen LogP contribution in [-0.2, 0) is 16.6 Å². The molecule has 1 aromatic carbocycles. The number of nitriles is 1. The van der Waals surface area contributed by atoms with Crippen LogP contribution in [-0.4, -0.2) is 54.6 Å². The summed E-state index contributed by atoms with van der Waals surface area (Å²) in [5.74, 6) is -0.340. The minimum Gasteiger partial charge on any atom is -0.312 e. The molecule has 3 heterocycles. The molecule has 162 valence electrons. The predicted molar refractivity (Wildman–Crippen MR) is 117 cm³/mol. The second-order valence-electron chi connectivity index (χ2n) is 9.26. The Morgan fingerprint density at radius 3 is 2.94 bits per heavy atom. The summed E-state index contributed by atoms with van der Waals surface area (Å²) in [7, 11) is 0. The second-order valence-corrected chi connectivity index (χ2v) is 9.26. The summed E-state index contributed by atoms with van der Waals surface area (Å²) in [5.41, 5.74) is 3.49. The van der Waals surface area contributed by atoms with E-state index in [0.29, 0.717) is 31.1 Å². The summed E-state index contributed by atoms with van der Waals surface area (Å²) in [5, 5.41) is 12.7. The van der Waals surface area contributed by atoms with E-state index in [0.717, 1.165) is 42.1 Å². The van der Waals surface area contributed by atoms with Gasteiger partial charge in [-0.25, -0.2) is 4.39 Å². The summed E-state index contributed by atoms with van der Waals surface area (Å²) in [4.78, 5) is 22.0. The molecule has 1 fully saturated rings.